The standard InChI is InChI=1S/C8H16N2O2/c1-10(2)3-6-4-12-5-7(11)8(6)9/h6,8H,3-5,9H2,1-2H3. The molecule has 1 aliphatic rings. The Labute approximate surface area is 72.7 Å². The van der Waals surface area contributed by atoms with Crippen LogP contribution in [0.3, 0.4) is 0 Å². The lowest BCUT2D eigenvalue weighted by atomic mass is 9.95. The molecule has 0 aromatic heterocycles. The summed E-state index contributed by atoms with van der Waals surface area (Å²) in [7, 11) is 3.93. The number of rotatable bonds is 2. The molecule has 4 heteroatoms. The van der Waals surface area contributed by atoms with Crippen molar-refractivity contribution in [3.05, 3.63) is 0 Å². The molecule has 0 spiro atoms. The summed E-state index contributed by atoms with van der Waals surface area (Å²) in [4.78, 5) is 13.1. The zero-order chi connectivity index (χ0) is 9.14. The third-order valence-corrected chi connectivity index (χ3v) is 2.06. The summed E-state index contributed by atoms with van der Waals surface area (Å²) in [5, 5.41) is 0. The van der Waals surface area contributed by atoms with Crippen LogP contribution in [-0.2, 0) is 9.53 Å². The molecular formula is C8H16N2O2. The molecule has 0 bridgehead atoms. The molecule has 0 aromatic carbocycles. The average molecular weight is 172 g/mol. The average Bonchev–Trinajstić information content (AvgIpc) is 1.98. The van der Waals surface area contributed by atoms with Gasteiger partial charge in [0, 0.05) is 12.5 Å². The fraction of sp³-hybridized carbons (Fsp3) is 0.875. The van der Waals surface area contributed by atoms with Crippen molar-refractivity contribution in [1.29, 1.82) is 0 Å². The first kappa shape index (κ1) is 9.64. The van der Waals surface area contributed by atoms with Gasteiger partial charge < -0.3 is 15.4 Å². The van der Waals surface area contributed by atoms with Crippen molar-refractivity contribution in [2.75, 3.05) is 33.9 Å². The Kier molecular flexibility index (Phi) is 3.20. The van der Waals surface area contributed by atoms with Crippen LogP contribution in [0.4, 0.5) is 0 Å². The van der Waals surface area contributed by atoms with Gasteiger partial charge in [0.2, 0.25) is 0 Å². The Balaban J connectivity index is 2.46. The van der Waals surface area contributed by atoms with Crippen molar-refractivity contribution in [3.63, 3.8) is 0 Å². The van der Waals surface area contributed by atoms with Crippen molar-refractivity contribution < 1.29 is 9.53 Å². The van der Waals surface area contributed by atoms with E-state index in [-0.39, 0.29) is 24.3 Å². The zero-order valence-corrected chi connectivity index (χ0v) is 7.62. The van der Waals surface area contributed by atoms with Crippen LogP contribution in [0.15, 0.2) is 0 Å². The number of Topliss-reactive ketones (excluding diaryl/α,β-unsaturated/α-hetero) is 1. The first-order valence-corrected chi connectivity index (χ1v) is 4.12. The summed E-state index contributed by atoms with van der Waals surface area (Å²) in [6.07, 6.45) is 0. The maximum Gasteiger partial charge on any atom is 0.175 e. The lowest BCUT2D eigenvalue weighted by Crippen LogP contribution is -2.50. The van der Waals surface area contributed by atoms with Gasteiger partial charge >= 0.3 is 0 Å². The molecule has 0 saturated carbocycles. The zero-order valence-electron chi connectivity index (χ0n) is 7.62. The molecule has 0 amide bonds. The van der Waals surface area contributed by atoms with Crippen LogP contribution >= 0.6 is 0 Å². The number of carbonyl (C=O) groups is 1. The van der Waals surface area contributed by atoms with Crippen molar-refractivity contribution in [1.82, 2.24) is 4.90 Å². The topological polar surface area (TPSA) is 55.6 Å². The predicted octanol–water partition coefficient (Wildman–Crippen LogP) is -0.909. The van der Waals surface area contributed by atoms with E-state index in [9.17, 15) is 4.79 Å². The van der Waals surface area contributed by atoms with Gasteiger partial charge in [0.05, 0.1) is 12.6 Å². The maximum absolute atomic E-state index is 11.1. The van der Waals surface area contributed by atoms with Crippen LogP contribution in [0.25, 0.3) is 0 Å². The van der Waals surface area contributed by atoms with E-state index in [1.54, 1.807) is 0 Å². The van der Waals surface area contributed by atoms with E-state index in [1.165, 1.54) is 0 Å². The normalized spacial score (nSPS) is 31.2. The van der Waals surface area contributed by atoms with E-state index in [2.05, 4.69) is 0 Å². The van der Waals surface area contributed by atoms with Crippen LogP contribution in [-0.4, -0.2) is 50.6 Å². The van der Waals surface area contributed by atoms with E-state index < -0.39 is 0 Å². The molecule has 12 heavy (non-hydrogen) atoms. The second-order valence-corrected chi connectivity index (χ2v) is 3.53. The lowest BCUT2D eigenvalue weighted by molar-refractivity contribution is -0.132. The minimum atomic E-state index is -0.332. The van der Waals surface area contributed by atoms with E-state index in [0.29, 0.717) is 6.61 Å². The second kappa shape index (κ2) is 3.98. The summed E-state index contributed by atoms with van der Waals surface area (Å²) < 4.78 is 5.11. The number of nitrogens with zero attached hydrogens (tertiary/aromatic N) is 1. The van der Waals surface area contributed by atoms with Gasteiger partial charge in [0.25, 0.3) is 0 Å². The Hall–Kier alpha value is -0.450. The van der Waals surface area contributed by atoms with Gasteiger partial charge in [-0.2, -0.15) is 0 Å². The highest BCUT2D eigenvalue weighted by molar-refractivity contribution is 5.85. The Morgan fingerprint density at radius 3 is 2.92 bits per heavy atom. The quantitative estimate of drug-likeness (QED) is 0.586. The molecule has 1 saturated heterocycles. The Morgan fingerprint density at radius 1 is 1.67 bits per heavy atom. The van der Waals surface area contributed by atoms with Crippen LogP contribution in [0.2, 0.25) is 0 Å². The highest BCUT2D eigenvalue weighted by Crippen LogP contribution is 2.10. The van der Waals surface area contributed by atoms with E-state index in [1.807, 2.05) is 19.0 Å². The molecule has 70 valence electrons. The van der Waals surface area contributed by atoms with E-state index in [4.69, 9.17) is 10.5 Å². The van der Waals surface area contributed by atoms with Crippen LogP contribution in [0.1, 0.15) is 0 Å². The van der Waals surface area contributed by atoms with Gasteiger partial charge in [-0.25, -0.2) is 0 Å². The largest absolute Gasteiger partial charge is 0.373 e. The summed E-state index contributed by atoms with van der Waals surface area (Å²) in [6.45, 7) is 1.60. The van der Waals surface area contributed by atoms with Gasteiger partial charge in [-0.05, 0) is 14.1 Å². The fourth-order valence-corrected chi connectivity index (χ4v) is 1.41. The van der Waals surface area contributed by atoms with Gasteiger partial charge in [-0.3, -0.25) is 4.79 Å². The van der Waals surface area contributed by atoms with Gasteiger partial charge in [-0.15, -0.1) is 0 Å². The molecule has 1 heterocycles. The smallest absolute Gasteiger partial charge is 0.175 e. The minimum absolute atomic E-state index is 0.0214. The van der Waals surface area contributed by atoms with Crippen molar-refractivity contribution >= 4 is 5.78 Å². The molecule has 0 aromatic rings. The third-order valence-electron chi connectivity index (χ3n) is 2.06. The predicted molar refractivity (Wildman–Crippen MR) is 45.8 cm³/mol. The summed E-state index contributed by atoms with van der Waals surface area (Å²) in [5.74, 6) is 0.175. The number of ketones is 1. The number of nitrogens with two attached hydrogens (primary N) is 1. The first-order valence-electron chi connectivity index (χ1n) is 4.12. The second-order valence-electron chi connectivity index (χ2n) is 3.53. The molecule has 1 aliphatic heterocycles. The Bertz CT molecular complexity index is 170. The van der Waals surface area contributed by atoms with E-state index >= 15 is 0 Å². The highest BCUT2D eigenvalue weighted by Gasteiger charge is 2.29. The molecule has 1 fully saturated rings. The molecule has 4 nitrogen and oxygen atoms in total. The highest BCUT2D eigenvalue weighted by atomic mass is 16.5. The van der Waals surface area contributed by atoms with Crippen LogP contribution in [0, 0.1) is 5.92 Å². The maximum atomic E-state index is 11.1. The van der Waals surface area contributed by atoms with Crippen molar-refractivity contribution in [2.45, 2.75) is 6.04 Å². The van der Waals surface area contributed by atoms with Crippen molar-refractivity contribution in [2.24, 2.45) is 11.7 Å². The molecule has 2 unspecified atom stereocenters. The van der Waals surface area contributed by atoms with Crippen LogP contribution < -0.4 is 5.73 Å². The third kappa shape index (κ3) is 2.27. The van der Waals surface area contributed by atoms with Gasteiger partial charge in [0.1, 0.15) is 6.61 Å². The first-order chi connectivity index (χ1) is 5.61. The molecule has 1 rings (SSSR count). The molecule has 0 aliphatic carbocycles. The summed E-state index contributed by atoms with van der Waals surface area (Å²) in [5.41, 5.74) is 5.71. The SMILES string of the molecule is CN(C)CC1COCC(=O)C1N. The monoisotopic (exact) mass is 172 g/mol. The Morgan fingerprint density at radius 2 is 2.33 bits per heavy atom. The summed E-state index contributed by atoms with van der Waals surface area (Å²) in [6, 6.07) is -0.332. The van der Waals surface area contributed by atoms with Gasteiger partial charge in [0.15, 0.2) is 5.78 Å². The number of hydrogen-bond acceptors (Lipinski definition) is 4. The van der Waals surface area contributed by atoms with E-state index in [0.717, 1.165) is 6.54 Å². The number of carbonyl (C=O) groups excluding carboxylic acids is 1. The van der Waals surface area contributed by atoms with Crippen molar-refractivity contribution in [3.8, 4) is 0 Å². The minimum Gasteiger partial charge on any atom is -0.373 e. The number of hydrogen-bond donors (Lipinski definition) is 1. The van der Waals surface area contributed by atoms with Gasteiger partial charge in [-0.1, -0.05) is 0 Å². The summed E-state index contributed by atoms with van der Waals surface area (Å²) >= 11 is 0. The number of ether oxygens (including phenoxy) is 1. The molecule has 2 N–H and O–H groups in total. The molecule has 0 radical (unpaired) electrons. The van der Waals surface area contributed by atoms with Crippen LogP contribution in [0.5, 0.6) is 0 Å². The molecule has 2 atom stereocenters. The molecular weight excluding hydrogens is 156 g/mol. The fourth-order valence-electron chi connectivity index (χ4n) is 1.41. The lowest BCUT2D eigenvalue weighted by Gasteiger charge is -2.29.